The standard InChI is InChI=1S/C15H11ClF2O2/c1-9(19)13-4-3-12(17)7-15(13)20-8-10-6-11(16)2-5-14(10)18/h2-7H,8H2,1H3. The summed E-state index contributed by atoms with van der Waals surface area (Å²) in [6, 6.07) is 7.66. The van der Waals surface area contributed by atoms with Crippen molar-refractivity contribution >= 4 is 17.4 Å². The lowest BCUT2D eigenvalue weighted by molar-refractivity contribution is 0.101. The van der Waals surface area contributed by atoms with Crippen LogP contribution in [0.25, 0.3) is 0 Å². The molecule has 0 radical (unpaired) electrons. The lowest BCUT2D eigenvalue weighted by atomic mass is 10.1. The largest absolute Gasteiger partial charge is 0.488 e. The van der Waals surface area contributed by atoms with Crippen LogP contribution in [-0.4, -0.2) is 5.78 Å². The lowest BCUT2D eigenvalue weighted by Crippen LogP contribution is -2.03. The van der Waals surface area contributed by atoms with Gasteiger partial charge in [0.2, 0.25) is 0 Å². The number of Topliss-reactive ketones (excluding diaryl/α,β-unsaturated/α-hetero) is 1. The van der Waals surface area contributed by atoms with Crippen LogP contribution in [0.1, 0.15) is 22.8 Å². The van der Waals surface area contributed by atoms with E-state index in [4.69, 9.17) is 16.3 Å². The summed E-state index contributed by atoms with van der Waals surface area (Å²) in [5.74, 6) is -1.19. The molecule has 2 aromatic rings. The van der Waals surface area contributed by atoms with Crippen molar-refractivity contribution in [1.82, 2.24) is 0 Å². The van der Waals surface area contributed by atoms with E-state index in [1.54, 1.807) is 0 Å². The van der Waals surface area contributed by atoms with Gasteiger partial charge in [0.1, 0.15) is 24.0 Å². The van der Waals surface area contributed by atoms with Crippen LogP contribution in [0.4, 0.5) is 8.78 Å². The molecule has 0 fully saturated rings. The molecular formula is C15H11ClF2O2. The number of ether oxygens (including phenoxy) is 1. The first-order valence-electron chi connectivity index (χ1n) is 5.84. The first-order valence-corrected chi connectivity index (χ1v) is 6.22. The van der Waals surface area contributed by atoms with Gasteiger partial charge in [-0.25, -0.2) is 8.78 Å². The zero-order valence-corrected chi connectivity index (χ0v) is 11.4. The van der Waals surface area contributed by atoms with Crippen LogP contribution < -0.4 is 4.74 Å². The molecule has 0 unspecified atom stereocenters. The number of carbonyl (C=O) groups is 1. The van der Waals surface area contributed by atoms with Crippen LogP contribution in [0, 0.1) is 11.6 Å². The van der Waals surface area contributed by atoms with Crippen molar-refractivity contribution in [2.45, 2.75) is 13.5 Å². The third-order valence-electron chi connectivity index (χ3n) is 2.71. The van der Waals surface area contributed by atoms with Crippen molar-refractivity contribution in [3.8, 4) is 5.75 Å². The number of ketones is 1. The summed E-state index contributed by atoms with van der Waals surface area (Å²) in [6.07, 6.45) is 0. The monoisotopic (exact) mass is 296 g/mol. The number of halogens is 3. The van der Waals surface area contributed by atoms with Gasteiger partial charge in [0.05, 0.1) is 5.56 Å². The molecule has 20 heavy (non-hydrogen) atoms. The summed E-state index contributed by atoms with van der Waals surface area (Å²) in [5, 5.41) is 0.371. The van der Waals surface area contributed by atoms with Gasteiger partial charge >= 0.3 is 0 Å². The van der Waals surface area contributed by atoms with Crippen LogP contribution in [-0.2, 0) is 6.61 Å². The second-order valence-corrected chi connectivity index (χ2v) is 4.66. The fraction of sp³-hybridized carbons (Fsp3) is 0.133. The molecule has 2 rings (SSSR count). The van der Waals surface area contributed by atoms with Gasteiger partial charge in [-0.1, -0.05) is 11.6 Å². The van der Waals surface area contributed by atoms with Crippen molar-refractivity contribution < 1.29 is 18.3 Å². The molecule has 0 aliphatic rings. The highest BCUT2D eigenvalue weighted by Gasteiger charge is 2.11. The first-order chi connectivity index (χ1) is 9.47. The second kappa shape index (κ2) is 6.01. The minimum Gasteiger partial charge on any atom is -0.488 e. The van der Waals surface area contributed by atoms with Gasteiger partial charge in [0.15, 0.2) is 5.78 Å². The molecule has 0 saturated carbocycles. The van der Waals surface area contributed by atoms with Gasteiger partial charge in [-0.15, -0.1) is 0 Å². The Morgan fingerprint density at radius 1 is 1.20 bits per heavy atom. The average molecular weight is 297 g/mol. The van der Waals surface area contributed by atoms with Crippen LogP contribution >= 0.6 is 11.6 Å². The quantitative estimate of drug-likeness (QED) is 0.782. The van der Waals surface area contributed by atoms with E-state index in [0.29, 0.717) is 5.02 Å². The van der Waals surface area contributed by atoms with E-state index in [1.165, 1.54) is 37.3 Å². The Balaban J connectivity index is 2.24. The molecule has 5 heteroatoms. The summed E-state index contributed by atoms with van der Waals surface area (Å²) in [5.41, 5.74) is 0.477. The normalized spacial score (nSPS) is 10.4. The molecule has 0 heterocycles. The van der Waals surface area contributed by atoms with Crippen molar-refractivity contribution in [2.24, 2.45) is 0 Å². The summed E-state index contributed by atoms with van der Waals surface area (Å²) in [7, 11) is 0. The maximum Gasteiger partial charge on any atom is 0.163 e. The van der Waals surface area contributed by atoms with E-state index < -0.39 is 11.6 Å². The Kier molecular flexibility index (Phi) is 4.35. The van der Waals surface area contributed by atoms with E-state index in [1.807, 2.05) is 0 Å². The number of hydrogen-bond acceptors (Lipinski definition) is 2. The first kappa shape index (κ1) is 14.5. The number of hydrogen-bond donors (Lipinski definition) is 0. The van der Waals surface area contributed by atoms with Gasteiger partial charge in [-0.3, -0.25) is 4.79 Å². The third-order valence-corrected chi connectivity index (χ3v) is 2.95. The predicted octanol–water partition coefficient (Wildman–Crippen LogP) is 4.40. The van der Waals surface area contributed by atoms with E-state index in [2.05, 4.69) is 0 Å². The van der Waals surface area contributed by atoms with E-state index in [0.717, 1.165) is 6.07 Å². The second-order valence-electron chi connectivity index (χ2n) is 4.22. The van der Waals surface area contributed by atoms with E-state index in [-0.39, 0.29) is 29.3 Å². The summed E-state index contributed by atoms with van der Waals surface area (Å²) in [6.45, 7) is 1.20. The van der Waals surface area contributed by atoms with Gasteiger partial charge in [0, 0.05) is 16.7 Å². The molecule has 0 bridgehead atoms. The fourth-order valence-corrected chi connectivity index (χ4v) is 1.91. The highest BCUT2D eigenvalue weighted by Crippen LogP contribution is 2.23. The van der Waals surface area contributed by atoms with Gasteiger partial charge in [0.25, 0.3) is 0 Å². The Hall–Kier alpha value is -1.94. The number of carbonyl (C=O) groups excluding carboxylic acids is 1. The van der Waals surface area contributed by atoms with Crippen LogP contribution in [0.3, 0.4) is 0 Å². The van der Waals surface area contributed by atoms with E-state index in [9.17, 15) is 13.6 Å². The van der Waals surface area contributed by atoms with E-state index >= 15 is 0 Å². The Morgan fingerprint density at radius 2 is 1.95 bits per heavy atom. The van der Waals surface area contributed by atoms with Crippen LogP contribution in [0.2, 0.25) is 5.02 Å². The highest BCUT2D eigenvalue weighted by molar-refractivity contribution is 6.30. The molecule has 0 aliphatic carbocycles. The summed E-state index contributed by atoms with van der Waals surface area (Å²) < 4.78 is 32.1. The number of rotatable bonds is 4. The Morgan fingerprint density at radius 3 is 2.65 bits per heavy atom. The molecular weight excluding hydrogens is 286 g/mol. The molecule has 0 spiro atoms. The molecule has 0 N–H and O–H groups in total. The predicted molar refractivity (Wildman–Crippen MR) is 72.1 cm³/mol. The molecule has 2 aromatic carbocycles. The Bertz CT molecular complexity index is 656. The van der Waals surface area contributed by atoms with Gasteiger partial charge < -0.3 is 4.74 Å². The molecule has 104 valence electrons. The maximum atomic E-state index is 13.5. The highest BCUT2D eigenvalue weighted by atomic mass is 35.5. The minimum atomic E-state index is -0.531. The lowest BCUT2D eigenvalue weighted by Gasteiger charge is -2.10. The van der Waals surface area contributed by atoms with Gasteiger partial charge in [-0.05, 0) is 37.3 Å². The molecule has 0 atom stereocenters. The van der Waals surface area contributed by atoms with Crippen molar-refractivity contribution in [2.75, 3.05) is 0 Å². The zero-order chi connectivity index (χ0) is 14.7. The van der Waals surface area contributed by atoms with Crippen molar-refractivity contribution in [1.29, 1.82) is 0 Å². The molecule has 2 nitrogen and oxygen atoms in total. The SMILES string of the molecule is CC(=O)c1ccc(F)cc1OCc1cc(Cl)ccc1F. The maximum absolute atomic E-state index is 13.5. The van der Waals surface area contributed by atoms with Gasteiger partial charge in [-0.2, -0.15) is 0 Å². The Labute approximate surface area is 119 Å². The minimum absolute atomic E-state index is 0.0804. The third kappa shape index (κ3) is 3.33. The number of benzene rings is 2. The van der Waals surface area contributed by atoms with Crippen LogP contribution in [0.5, 0.6) is 5.75 Å². The average Bonchev–Trinajstić information content (AvgIpc) is 2.39. The molecule has 0 aliphatic heterocycles. The molecule has 0 aromatic heterocycles. The topological polar surface area (TPSA) is 26.3 Å². The summed E-state index contributed by atoms with van der Waals surface area (Å²) >= 11 is 5.77. The fourth-order valence-electron chi connectivity index (χ4n) is 1.72. The van der Waals surface area contributed by atoms with Crippen molar-refractivity contribution in [3.63, 3.8) is 0 Å². The zero-order valence-electron chi connectivity index (χ0n) is 10.6. The smallest absolute Gasteiger partial charge is 0.163 e. The van der Waals surface area contributed by atoms with Crippen molar-refractivity contribution in [3.05, 3.63) is 64.2 Å². The molecule has 0 amide bonds. The molecule has 0 saturated heterocycles. The summed E-state index contributed by atoms with van der Waals surface area (Å²) in [4.78, 5) is 11.4. The van der Waals surface area contributed by atoms with Crippen LogP contribution in [0.15, 0.2) is 36.4 Å².